The van der Waals surface area contributed by atoms with E-state index in [2.05, 4.69) is 0 Å². The second kappa shape index (κ2) is 9.12. The zero-order valence-corrected chi connectivity index (χ0v) is 10.3. The van der Waals surface area contributed by atoms with Crippen LogP contribution in [0.3, 0.4) is 0 Å². The predicted molar refractivity (Wildman–Crippen MR) is 60.6 cm³/mol. The van der Waals surface area contributed by atoms with Gasteiger partial charge in [-0.05, 0) is 12.8 Å². The molecule has 0 saturated heterocycles. The maximum Gasteiger partial charge on any atom is 0.264 e. The Kier molecular flexibility index (Phi) is 9.04. The van der Waals surface area contributed by atoms with Crippen molar-refractivity contribution in [2.75, 3.05) is 19.5 Å². The second-order valence-corrected chi connectivity index (χ2v) is 5.33. The SMILES string of the molecule is COCCCCCCCCCS(=O)(=O)O. The Labute approximate surface area is 92.8 Å². The van der Waals surface area contributed by atoms with Crippen LogP contribution in [-0.4, -0.2) is 32.4 Å². The summed E-state index contributed by atoms with van der Waals surface area (Å²) in [6.45, 7) is 0.822. The van der Waals surface area contributed by atoms with Crippen LogP contribution in [0.4, 0.5) is 0 Å². The molecule has 0 aromatic carbocycles. The maximum absolute atomic E-state index is 10.4. The van der Waals surface area contributed by atoms with Crippen molar-refractivity contribution in [3.05, 3.63) is 0 Å². The molecular formula is C10H22O4S. The van der Waals surface area contributed by atoms with Gasteiger partial charge in [0.25, 0.3) is 10.1 Å². The quantitative estimate of drug-likeness (QED) is 0.468. The summed E-state index contributed by atoms with van der Waals surface area (Å²) in [5.74, 6) is -0.101. The van der Waals surface area contributed by atoms with E-state index in [0.29, 0.717) is 6.42 Å². The number of ether oxygens (including phenoxy) is 1. The fourth-order valence-corrected chi connectivity index (χ4v) is 1.98. The monoisotopic (exact) mass is 238 g/mol. The molecule has 0 saturated carbocycles. The van der Waals surface area contributed by atoms with E-state index >= 15 is 0 Å². The minimum atomic E-state index is -3.75. The van der Waals surface area contributed by atoms with Gasteiger partial charge >= 0.3 is 0 Å². The molecule has 0 fully saturated rings. The van der Waals surface area contributed by atoms with Gasteiger partial charge in [-0.2, -0.15) is 8.42 Å². The van der Waals surface area contributed by atoms with Gasteiger partial charge in [-0.15, -0.1) is 0 Å². The zero-order valence-electron chi connectivity index (χ0n) is 9.44. The first-order valence-corrected chi connectivity index (χ1v) is 7.11. The molecule has 92 valence electrons. The first kappa shape index (κ1) is 14.9. The lowest BCUT2D eigenvalue weighted by molar-refractivity contribution is 0.192. The summed E-state index contributed by atoms with van der Waals surface area (Å²) in [6.07, 6.45) is 7.07. The molecular weight excluding hydrogens is 216 g/mol. The normalized spacial score (nSPS) is 11.9. The van der Waals surface area contributed by atoms with E-state index in [1.807, 2.05) is 0 Å². The Hall–Kier alpha value is -0.130. The van der Waals surface area contributed by atoms with E-state index < -0.39 is 10.1 Å². The molecule has 0 aliphatic rings. The first-order chi connectivity index (χ1) is 7.06. The topological polar surface area (TPSA) is 63.6 Å². The summed E-state index contributed by atoms with van der Waals surface area (Å²) in [5, 5.41) is 0. The van der Waals surface area contributed by atoms with Gasteiger partial charge in [0.2, 0.25) is 0 Å². The smallest absolute Gasteiger partial charge is 0.264 e. The number of methoxy groups -OCH3 is 1. The molecule has 0 aliphatic carbocycles. The summed E-state index contributed by atoms with van der Waals surface area (Å²) in [4.78, 5) is 0. The summed E-state index contributed by atoms with van der Waals surface area (Å²) >= 11 is 0. The highest BCUT2D eigenvalue weighted by Crippen LogP contribution is 2.07. The van der Waals surface area contributed by atoms with Crippen LogP contribution in [0.5, 0.6) is 0 Å². The predicted octanol–water partition coefficient (Wildman–Crippen LogP) is 2.25. The minimum absolute atomic E-state index is 0.101. The fourth-order valence-electron chi connectivity index (χ4n) is 1.41. The van der Waals surface area contributed by atoms with Gasteiger partial charge in [0.15, 0.2) is 0 Å². The van der Waals surface area contributed by atoms with Gasteiger partial charge in [0.1, 0.15) is 0 Å². The van der Waals surface area contributed by atoms with Crippen molar-refractivity contribution < 1.29 is 17.7 Å². The molecule has 0 rings (SSSR count). The van der Waals surface area contributed by atoms with Crippen molar-refractivity contribution in [2.45, 2.75) is 44.9 Å². The standard InChI is InChI=1S/C10H22O4S/c1-14-9-7-5-3-2-4-6-8-10-15(11,12)13/h2-10H2,1H3,(H,11,12,13). The molecule has 15 heavy (non-hydrogen) atoms. The minimum Gasteiger partial charge on any atom is -0.385 e. The van der Waals surface area contributed by atoms with Gasteiger partial charge in [-0.25, -0.2) is 0 Å². The van der Waals surface area contributed by atoms with Crippen molar-refractivity contribution >= 4 is 10.1 Å². The summed E-state index contributed by atoms with van der Waals surface area (Å²) in [6, 6.07) is 0. The average Bonchev–Trinajstić information content (AvgIpc) is 2.14. The summed E-state index contributed by atoms with van der Waals surface area (Å²) in [5.41, 5.74) is 0. The van der Waals surface area contributed by atoms with E-state index in [9.17, 15) is 8.42 Å². The van der Waals surface area contributed by atoms with Gasteiger partial charge in [0, 0.05) is 13.7 Å². The Morgan fingerprint density at radius 2 is 1.40 bits per heavy atom. The van der Waals surface area contributed by atoms with Crippen LogP contribution < -0.4 is 0 Å². The number of unbranched alkanes of at least 4 members (excludes halogenated alkanes) is 6. The van der Waals surface area contributed by atoms with Crippen LogP contribution in [0, 0.1) is 0 Å². The van der Waals surface area contributed by atoms with Crippen molar-refractivity contribution in [2.24, 2.45) is 0 Å². The molecule has 1 N–H and O–H groups in total. The largest absolute Gasteiger partial charge is 0.385 e. The molecule has 0 aromatic heterocycles. The molecule has 0 atom stereocenters. The van der Waals surface area contributed by atoms with E-state index in [-0.39, 0.29) is 5.75 Å². The van der Waals surface area contributed by atoms with Crippen molar-refractivity contribution in [1.82, 2.24) is 0 Å². The van der Waals surface area contributed by atoms with Gasteiger partial charge < -0.3 is 4.74 Å². The van der Waals surface area contributed by atoms with E-state index in [4.69, 9.17) is 9.29 Å². The number of hydrogen-bond acceptors (Lipinski definition) is 3. The van der Waals surface area contributed by atoms with Crippen molar-refractivity contribution in [3.63, 3.8) is 0 Å². The second-order valence-electron chi connectivity index (χ2n) is 3.75. The molecule has 0 spiro atoms. The highest BCUT2D eigenvalue weighted by Gasteiger charge is 2.02. The Bertz CT molecular complexity index is 224. The van der Waals surface area contributed by atoms with Crippen molar-refractivity contribution in [3.8, 4) is 0 Å². The van der Waals surface area contributed by atoms with E-state index in [1.165, 1.54) is 12.8 Å². The fraction of sp³-hybridized carbons (Fsp3) is 1.00. The lowest BCUT2D eigenvalue weighted by Crippen LogP contribution is -2.03. The summed E-state index contributed by atoms with van der Waals surface area (Å²) in [7, 11) is -2.04. The van der Waals surface area contributed by atoms with E-state index in [1.54, 1.807) is 7.11 Å². The zero-order chi connectivity index (χ0) is 11.6. The van der Waals surface area contributed by atoms with Crippen LogP contribution in [0.15, 0.2) is 0 Å². The van der Waals surface area contributed by atoms with Gasteiger partial charge in [-0.3, -0.25) is 4.55 Å². The third-order valence-electron chi connectivity index (χ3n) is 2.25. The van der Waals surface area contributed by atoms with Crippen molar-refractivity contribution in [1.29, 1.82) is 0 Å². The molecule has 4 nitrogen and oxygen atoms in total. The molecule has 0 heterocycles. The van der Waals surface area contributed by atoms with Crippen LogP contribution in [0.25, 0.3) is 0 Å². The third-order valence-corrected chi connectivity index (χ3v) is 3.06. The average molecular weight is 238 g/mol. The highest BCUT2D eigenvalue weighted by molar-refractivity contribution is 7.85. The lowest BCUT2D eigenvalue weighted by atomic mass is 10.1. The molecule has 0 radical (unpaired) electrons. The molecule has 0 aromatic rings. The summed E-state index contributed by atoms with van der Waals surface area (Å²) < 4.78 is 34.2. The van der Waals surface area contributed by atoms with Crippen LogP contribution in [0.2, 0.25) is 0 Å². The van der Waals surface area contributed by atoms with Crippen LogP contribution in [0.1, 0.15) is 44.9 Å². The van der Waals surface area contributed by atoms with E-state index in [0.717, 1.165) is 32.3 Å². The molecule has 0 bridgehead atoms. The molecule has 0 amide bonds. The molecule has 5 heteroatoms. The molecule has 0 unspecified atom stereocenters. The molecule has 0 aliphatic heterocycles. The first-order valence-electron chi connectivity index (χ1n) is 5.50. The van der Waals surface area contributed by atoms with Crippen LogP contribution in [-0.2, 0) is 14.9 Å². The Morgan fingerprint density at radius 3 is 1.87 bits per heavy atom. The highest BCUT2D eigenvalue weighted by atomic mass is 32.2. The Balaban J connectivity index is 3.06. The Morgan fingerprint density at radius 1 is 0.933 bits per heavy atom. The van der Waals surface area contributed by atoms with Gasteiger partial charge in [0.05, 0.1) is 5.75 Å². The lowest BCUT2D eigenvalue weighted by Gasteiger charge is -2.01. The van der Waals surface area contributed by atoms with Crippen LogP contribution >= 0.6 is 0 Å². The number of rotatable bonds is 10. The number of hydrogen-bond donors (Lipinski definition) is 1. The van der Waals surface area contributed by atoms with Gasteiger partial charge in [-0.1, -0.05) is 32.1 Å². The maximum atomic E-state index is 10.4. The third kappa shape index (κ3) is 13.9.